The normalized spacial score (nSPS) is 15.1. The predicted octanol–water partition coefficient (Wildman–Crippen LogP) is 1.32. The first kappa shape index (κ1) is 10.4. The Morgan fingerprint density at radius 3 is 1.79 bits per heavy atom. The number of carbonyl (C=O) groups excluding carboxylic acids is 2. The van der Waals surface area contributed by atoms with Crippen molar-refractivity contribution >= 4 is 11.9 Å². The van der Waals surface area contributed by atoms with E-state index < -0.39 is 0 Å². The summed E-state index contributed by atoms with van der Waals surface area (Å²) in [7, 11) is 0. The van der Waals surface area contributed by atoms with Gasteiger partial charge in [0.15, 0.2) is 0 Å². The second-order valence-electron chi connectivity index (χ2n) is 2.72. The molecule has 1 aliphatic rings. The van der Waals surface area contributed by atoms with E-state index in [0.29, 0.717) is 19.3 Å². The molecule has 4 nitrogen and oxygen atoms in total. The minimum absolute atomic E-state index is 0.388. The van der Waals surface area contributed by atoms with Crippen LogP contribution in [0.3, 0.4) is 0 Å². The number of nitrogens with zero attached hydrogens (tertiary/aromatic N) is 1. The van der Waals surface area contributed by atoms with Crippen molar-refractivity contribution in [2.45, 2.75) is 19.3 Å². The van der Waals surface area contributed by atoms with Crippen LogP contribution in [0.5, 0.6) is 0 Å². The zero-order valence-electron chi connectivity index (χ0n) is 7.68. The second-order valence-corrected chi connectivity index (χ2v) is 2.72. The van der Waals surface area contributed by atoms with Crippen LogP contribution >= 0.6 is 0 Å². The highest BCUT2D eigenvalue weighted by atomic mass is 16.6. The molecule has 4 heteroatoms. The smallest absolute Gasteiger partial charge is 0.313 e. The first-order valence-electron chi connectivity index (χ1n) is 4.37. The van der Waals surface area contributed by atoms with Crippen molar-refractivity contribution in [3.05, 3.63) is 30.6 Å². The molecule has 2 rings (SSSR count). The van der Waals surface area contributed by atoms with Crippen LogP contribution in [0.25, 0.3) is 0 Å². The average Bonchev–Trinajstić information content (AvgIpc) is 2.21. The second kappa shape index (κ2) is 5.85. The van der Waals surface area contributed by atoms with Gasteiger partial charge in [0.25, 0.3) is 0 Å². The van der Waals surface area contributed by atoms with Crippen LogP contribution in [0.4, 0.5) is 0 Å². The lowest BCUT2D eigenvalue weighted by Crippen LogP contribution is -2.17. The summed E-state index contributed by atoms with van der Waals surface area (Å²) in [6.45, 7) is 0. The Morgan fingerprint density at radius 2 is 1.57 bits per heavy atom. The maximum absolute atomic E-state index is 10.2. The lowest BCUT2D eigenvalue weighted by Gasteiger charge is -2.06. The number of pyridine rings is 1. The highest BCUT2D eigenvalue weighted by molar-refractivity contribution is 5.87. The quantitative estimate of drug-likeness (QED) is 0.460. The van der Waals surface area contributed by atoms with Gasteiger partial charge < -0.3 is 4.74 Å². The summed E-state index contributed by atoms with van der Waals surface area (Å²) in [4.78, 5) is 24.2. The molecule has 0 spiro atoms. The Bertz CT molecular complexity index is 257. The number of cyclic esters (lactones) is 2. The fraction of sp³-hybridized carbons (Fsp3) is 0.300. The molecule has 14 heavy (non-hydrogen) atoms. The molecule has 0 bridgehead atoms. The number of hydrogen-bond acceptors (Lipinski definition) is 4. The molecule has 1 aromatic rings. The molecule has 1 aromatic heterocycles. The lowest BCUT2D eigenvalue weighted by atomic mass is 10.2. The average molecular weight is 193 g/mol. The largest absolute Gasteiger partial charge is 0.393 e. The van der Waals surface area contributed by atoms with Gasteiger partial charge in [0.05, 0.1) is 0 Å². The highest BCUT2D eigenvalue weighted by Crippen LogP contribution is 2.06. The van der Waals surface area contributed by atoms with E-state index in [1.807, 2.05) is 18.2 Å². The molecule has 1 aliphatic heterocycles. The van der Waals surface area contributed by atoms with Crippen molar-refractivity contribution in [2.75, 3.05) is 0 Å². The molecule has 0 atom stereocenters. The van der Waals surface area contributed by atoms with E-state index in [0.717, 1.165) is 0 Å². The highest BCUT2D eigenvalue weighted by Gasteiger charge is 2.15. The topological polar surface area (TPSA) is 56.3 Å². The molecule has 0 unspecified atom stereocenters. The summed E-state index contributed by atoms with van der Waals surface area (Å²) in [5.41, 5.74) is 0. The Hall–Kier alpha value is -1.71. The third-order valence-electron chi connectivity index (χ3n) is 1.56. The summed E-state index contributed by atoms with van der Waals surface area (Å²) in [6, 6.07) is 5.72. The van der Waals surface area contributed by atoms with Gasteiger partial charge in [-0.15, -0.1) is 0 Å². The fourth-order valence-electron chi connectivity index (χ4n) is 0.919. The molecule has 0 radical (unpaired) electrons. The summed E-state index contributed by atoms with van der Waals surface area (Å²) in [6.07, 6.45) is 4.94. The molecule has 0 N–H and O–H groups in total. The monoisotopic (exact) mass is 193 g/mol. The summed E-state index contributed by atoms with van der Waals surface area (Å²) in [5.74, 6) is -0.775. The van der Waals surface area contributed by atoms with Crippen molar-refractivity contribution in [2.24, 2.45) is 0 Å². The molecule has 1 saturated heterocycles. The first-order valence-corrected chi connectivity index (χ1v) is 4.37. The van der Waals surface area contributed by atoms with E-state index in [-0.39, 0.29) is 11.9 Å². The van der Waals surface area contributed by atoms with Crippen LogP contribution in [0.1, 0.15) is 19.3 Å². The van der Waals surface area contributed by atoms with E-state index in [4.69, 9.17) is 0 Å². The maximum atomic E-state index is 10.2. The molecule has 0 aromatic carbocycles. The van der Waals surface area contributed by atoms with Crippen molar-refractivity contribution in [1.29, 1.82) is 0 Å². The van der Waals surface area contributed by atoms with Gasteiger partial charge >= 0.3 is 11.9 Å². The van der Waals surface area contributed by atoms with Gasteiger partial charge in [-0.05, 0) is 18.6 Å². The van der Waals surface area contributed by atoms with Gasteiger partial charge in [-0.25, -0.2) is 0 Å². The molecule has 0 amide bonds. The molecule has 2 heterocycles. The van der Waals surface area contributed by atoms with E-state index in [1.165, 1.54) is 0 Å². The van der Waals surface area contributed by atoms with Crippen LogP contribution in [0.15, 0.2) is 30.6 Å². The fourth-order valence-corrected chi connectivity index (χ4v) is 0.919. The van der Waals surface area contributed by atoms with Gasteiger partial charge in [-0.3, -0.25) is 14.6 Å². The van der Waals surface area contributed by atoms with Crippen molar-refractivity contribution in [3.63, 3.8) is 0 Å². The zero-order valence-corrected chi connectivity index (χ0v) is 7.68. The zero-order chi connectivity index (χ0) is 10.2. The van der Waals surface area contributed by atoms with Crippen LogP contribution in [-0.2, 0) is 14.3 Å². The molecule has 0 aliphatic carbocycles. The van der Waals surface area contributed by atoms with E-state index in [9.17, 15) is 9.59 Å². The molecule has 74 valence electrons. The third-order valence-corrected chi connectivity index (χ3v) is 1.56. The number of ether oxygens (including phenoxy) is 1. The number of rotatable bonds is 0. The molecule has 0 saturated carbocycles. The van der Waals surface area contributed by atoms with Gasteiger partial charge in [-0.2, -0.15) is 0 Å². The SMILES string of the molecule is O=C1CCCC(=O)O1.c1ccncc1. The maximum Gasteiger partial charge on any atom is 0.313 e. The van der Waals surface area contributed by atoms with Crippen LogP contribution < -0.4 is 0 Å². The molecule has 1 fully saturated rings. The molecular weight excluding hydrogens is 182 g/mol. The standard InChI is InChI=1S/C5H5N.C5H6O3/c1-2-4-6-5-3-1;6-4-2-1-3-5(7)8-4/h1-5H;1-3H2. The Labute approximate surface area is 81.9 Å². The third kappa shape index (κ3) is 4.35. The van der Waals surface area contributed by atoms with E-state index in [1.54, 1.807) is 12.4 Å². The number of carbonyl (C=O) groups is 2. The van der Waals surface area contributed by atoms with Gasteiger partial charge in [0.2, 0.25) is 0 Å². The summed E-state index contributed by atoms with van der Waals surface area (Å²) < 4.78 is 4.21. The van der Waals surface area contributed by atoms with Crippen LogP contribution in [0.2, 0.25) is 0 Å². The predicted molar refractivity (Wildman–Crippen MR) is 49.2 cm³/mol. The summed E-state index contributed by atoms with van der Waals surface area (Å²) in [5, 5.41) is 0. The lowest BCUT2D eigenvalue weighted by molar-refractivity contribution is -0.163. The van der Waals surface area contributed by atoms with Gasteiger partial charge in [-0.1, -0.05) is 6.07 Å². The minimum atomic E-state index is -0.388. The number of aromatic nitrogens is 1. The van der Waals surface area contributed by atoms with Gasteiger partial charge in [0.1, 0.15) is 0 Å². The van der Waals surface area contributed by atoms with Gasteiger partial charge in [0, 0.05) is 25.2 Å². The van der Waals surface area contributed by atoms with E-state index in [2.05, 4.69) is 9.72 Å². The Kier molecular flexibility index (Phi) is 4.34. The van der Waals surface area contributed by atoms with E-state index >= 15 is 0 Å². The van der Waals surface area contributed by atoms with Crippen molar-refractivity contribution in [1.82, 2.24) is 4.98 Å². The number of esters is 2. The van der Waals surface area contributed by atoms with Crippen molar-refractivity contribution < 1.29 is 14.3 Å². The minimum Gasteiger partial charge on any atom is -0.393 e. The Morgan fingerprint density at radius 1 is 1.00 bits per heavy atom. The summed E-state index contributed by atoms with van der Waals surface area (Å²) >= 11 is 0. The van der Waals surface area contributed by atoms with Crippen molar-refractivity contribution in [3.8, 4) is 0 Å². The number of hydrogen-bond donors (Lipinski definition) is 0. The van der Waals surface area contributed by atoms with Crippen LogP contribution in [-0.4, -0.2) is 16.9 Å². The molecular formula is C10H11NO3. The van der Waals surface area contributed by atoms with Crippen LogP contribution in [0, 0.1) is 0 Å². The first-order chi connectivity index (χ1) is 6.79. The Balaban J connectivity index is 0.000000146.